The molecule has 0 unspecified atom stereocenters. The molecule has 0 saturated heterocycles. The van der Waals surface area contributed by atoms with Gasteiger partial charge < -0.3 is 4.90 Å². The van der Waals surface area contributed by atoms with Gasteiger partial charge in [-0.25, -0.2) is 0 Å². The monoisotopic (exact) mass is 595 g/mol. The molecule has 42 heavy (non-hydrogen) atoms. The lowest BCUT2D eigenvalue weighted by Gasteiger charge is -2.43. The highest BCUT2D eigenvalue weighted by molar-refractivity contribution is 7.21. The maximum absolute atomic E-state index is 14.5. The molecule has 0 radical (unpaired) electrons. The van der Waals surface area contributed by atoms with Gasteiger partial charge >= 0.3 is 0 Å². The highest BCUT2D eigenvalue weighted by Gasteiger charge is 2.39. The number of fused-ring (bicyclic) bond motifs is 2. The van der Waals surface area contributed by atoms with Crippen molar-refractivity contribution in [2.75, 3.05) is 9.80 Å². The van der Waals surface area contributed by atoms with Crippen LogP contribution in [-0.2, 0) is 11.2 Å². The molecule has 210 valence electrons. The minimum absolute atomic E-state index is 0.00803. The Labute approximate surface area is 251 Å². The zero-order valence-corrected chi connectivity index (χ0v) is 24.2. The lowest BCUT2D eigenvalue weighted by atomic mass is 9.89. The van der Waals surface area contributed by atoms with E-state index in [4.69, 9.17) is 11.6 Å². The molecule has 4 aromatic carbocycles. The van der Waals surface area contributed by atoms with Crippen molar-refractivity contribution in [1.82, 2.24) is 0 Å². The number of non-ortho nitro benzene ring substituents is 1. The molecule has 5 aromatic rings. The Hall–Kier alpha value is -4.53. The summed E-state index contributed by atoms with van der Waals surface area (Å²) in [4.78, 5) is 42.9. The molecule has 0 bridgehead atoms. The third-order valence-corrected chi connectivity index (χ3v) is 9.26. The minimum atomic E-state index is -0.462. The van der Waals surface area contributed by atoms with Crippen LogP contribution in [0.15, 0.2) is 103 Å². The van der Waals surface area contributed by atoms with Gasteiger partial charge in [-0.05, 0) is 48.7 Å². The minimum Gasteiger partial charge on any atom is -0.309 e. The molecule has 0 N–H and O–H groups in total. The predicted molar refractivity (Wildman–Crippen MR) is 168 cm³/mol. The number of para-hydroxylation sites is 2. The van der Waals surface area contributed by atoms with E-state index in [9.17, 15) is 19.7 Å². The quantitative estimate of drug-likeness (QED) is 0.146. The second-order valence-corrected chi connectivity index (χ2v) is 11.7. The fraction of sp³-hybridized carbons (Fsp3) is 0.152. The Morgan fingerprint density at radius 2 is 1.64 bits per heavy atom. The van der Waals surface area contributed by atoms with Gasteiger partial charge in [-0.1, -0.05) is 78.3 Å². The average molecular weight is 596 g/mol. The van der Waals surface area contributed by atoms with Crippen LogP contribution in [0.4, 0.5) is 17.1 Å². The molecule has 1 aliphatic rings. The first-order chi connectivity index (χ1) is 20.3. The number of anilines is 2. The first kappa shape index (κ1) is 27.6. The zero-order chi connectivity index (χ0) is 29.4. The summed E-state index contributed by atoms with van der Waals surface area (Å²) in [6.07, 6.45) is 0.779. The number of nitrogens with zero attached hydrogens (tertiary/aromatic N) is 3. The summed E-state index contributed by atoms with van der Waals surface area (Å²) in [6, 6.07) is 30.6. The number of benzene rings is 4. The summed E-state index contributed by atoms with van der Waals surface area (Å²) in [5.41, 5.74) is 3.21. The van der Waals surface area contributed by atoms with Crippen LogP contribution in [0.5, 0.6) is 0 Å². The number of nitro benzene ring substituents is 1. The number of hydrogen-bond acceptors (Lipinski definition) is 5. The predicted octanol–water partition coefficient (Wildman–Crippen LogP) is 8.22. The van der Waals surface area contributed by atoms with Gasteiger partial charge in [0.05, 0.1) is 22.4 Å². The third-order valence-electron chi connectivity index (χ3n) is 7.61. The van der Waals surface area contributed by atoms with E-state index < -0.39 is 4.92 Å². The highest BCUT2D eigenvalue weighted by atomic mass is 35.5. The highest BCUT2D eigenvalue weighted by Crippen LogP contribution is 2.45. The Morgan fingerprint density at radius 1 is 0.976 bits per heavy atom. The standard InChI is InChI=1S/C33H26ClN3O4S/c1-21-18-28(25-14-8-9-15-27(25)35(21)30(38)19-22-10-4-2-5-11-22)36(23-12-6-3-7-13-23)33(39)32-31(34)26-17-16-24(37(40)41)20-29(26)42-32/h2-17,20-21,28H,18-19H2,1H3/t21-,28+/m1/s1. The molecule has 0 aliphatic carbocycles. The van der Waals surface area contributed by atoms with E-state index in [0.29, 0.717) is 27.1 Å². The van der Waals surface area contributed by atoms with Crippen molar-refractivity contribution in [1.29, 1.82) is 0 Å². The van der Waals surface area contributed by atoms with Crippen LogP contribution < -0.4 is 9.80 Å². The topological polar surface area (TPSA) is 83.8 Å². The third kappa shape index (κ3) is 5.04. The van der Waals surface area contributed by atoms with E-state index in [0.717, 1.165) is 28.2 Å². The van der Waals surface area contributed by atoms with Crippen molar-refractivity contribution in [3.8, 4) is 0 Å². The fourth-order valence-electron chi connectivity index (χ4n) is 5.70. The smallest absolute Gasteiger partial charge is 0.270 e. The molecular weight excluding hydrogens is 570 g/mol. The molecule has 6 rings (SSSR count). The van der Waals surface area contributed by atoms with Crippen molar-refractivity contribution in [2.45, 2.75) is 31.8 Å². The maximum atomic E-state index is 14.5. The second kappa shape index (κ2) is 11.4. The molecule has 0 fully saturated rings. The van der Waals surface area contributed by atoms with Crippen LogP contribution in [-0.4, -0.2) is 22.8 Å². The van der Waals surface area contributed by atoms with Crippen LogP contribution in [0.25, 0.3) is 10.1 Å². The fourth-order valence-corrected chi connectivity index (χ4v) is 7.19. The molecule has 2 amide bonds. The number of amides is 2. The normalized spacial score (nSPS) is 16.2. The summed E-state index contributed by atoms with van der Waals surface area (Å²) in [5.74, 6) is -0.308. The number of thiophene rings is 1. The molecule has 2 heterocycles. The Bertz CT molecular complexity index is 1810. The average Bonchev–Trinajstić information content (AvgIpc) is 3.33. The van der Waals surface area contributed by atoms with Crippen molar-refractivity contribution in [2.24, 2.45) is 0 Å². The Kier molecular flexibility index (Phi) is 7.49. The van der Waals surface area contributed by atoms with Crippen LogP contribution in [0.2, 0.25) is 5.02 Å². The van der Waals surface area contributed by atoms with Crippen LogP contribution in [0, 0.1) is 10.1 Å². The SMILES string of the molecule is C[C@@H]1C[C@H](N(C(=O)c2sc3cc([N+](=O)[O-])ccc3c2Cl)c2ccccc2)c2ccccc2N1C(=O)Cc1ccccc1. The number of nitro groups is 1. The van der Waals surface area contributed by atoms with Crippen molar-refractivity contribution >= 4 is 61.9 Å². The summed E-state index contributed by atoms with van der Waals surface area (Å²) in [7, 11) is 0. The second-order valence-electron chi connectivity index (χ2n) is 10.3. The van der Waals surface area contributed by atoms with Crippen molar-refractivity contribution in [3.63, 3.8) is 0 Å². The maximum Gasteiger partial charge on any atom is 0.270 e. The van der Waals surface area contributed by atoms with E-state index in [1.807, 2.05) is 96.8 Å². The molecular formula is C33H26ClN3O4S. The number of carbonyl (C=O) groups excluding carboxylic acids is 2. The van der Waals surface area contributed by atoms with E-state index >= 15 is 0 Å². The van der Waals surface area contributed by atoms with Gasteiger partial charge in [0.15, 0.2) is 0 Å². The number of carbonyl (C=O) groups is 2. The first-order valence-electron chi connectivity index (χ1n) is 13.5. The lowest BCUT2D eigenvalue weighted by Crippen LogP contribution is -2.48. The molecule has 0 spiro atoms. The molecule has 0 saturated carbocycles. The molecule has 9 heteroatoms. The van der Waals surface area contributed by atoms with Gasteiger partial charge in [0, 0.05) is 39.6 Å². The van der Waals surface area contributed by atoms with Gasteiger partial charge in [0.2, 0.25) is 5.91 Å². The first-order valence-corrected chi connectivity index (χ1v) is 14.7. The van der Waals surface area contributed by atoms with Crippen LogP contribution >= 0.6 is 22.9 Å². The zero-order valence-electron chi connectivity index (χ0n) is 22.6. The Morgan fingerprint density at radius 3 is 2.36 bits per heavy atom. The van der Waals surface area contributed by atoms with E-state index in [1.165, 1.54) is 12.1 Å². The lowest BCUT2D eigenvalue weighted by molar-refractivity contribution is -0.384. The number of rotatable bonds is 6. The van der Waals surface area contributed by atoms with Crippen LogP contribution in [0.3, 0.4) is 0 Å². The van der Waals surface area contributed by atoms with Crippen molar-refractivity contribution < 1.29 is 14.5 Å². The van der Waals surface area contributed by atoms with Crippen LogP contribution in [0.1, 0.15) is 40.2 Å². The molecule has 1 aromatic heterocycles. The summed E-state index contributed by atoms with van der Waals surface area (Å²) in [5, 5.41) is 12.2. The molecule has 1 aliphatic heterocycles. The number of hydrogen-bond donors (Lipinski definition) is 0. The summed E-state index contributed by atoms with van der Waals surface area (Å²) >= 11 is 7.91. The van der Waals surface area contributed by atoms with Gasteiger partial charge in [-0.2, -0.15) is 0 Å². The van der Waals surface area contributed by atoms with Gasteiger partial charge in [-0.3, -0.25) is 24.6 Å². The Balaban J connectivity index is 1.43. The van der Waals surface area contributed by atoms with Gasteiger partial charge in [0.25, 0.3) is 11.6 Å². The largest absolute Gasteiger partial charge is 0.309 e. The van der Waals surface area contributed by atoms with Gasteiger partial charge in [0.1, 0.15) is 4.88 Å². The summed E-state index contributed by atoms with van der Waals surface area (Å²) in [6.45, 7) is 2.00. The van der Waals surface area contributed by atoms with Gasteiger partial charge in [-0.15, -0.1) is 11.3 Å². The molecule has 7 nitrogen and oxygen atoms in total. The van der Waals surface area contributed by atoms with E-state index in [-0.39, 0.29) is 41.0 Å². The van der Waals surface area contributed by atoms with E-state index in [2.05, 4.69) is 0 Å². The summed E-state index contributed by atoms with van der Waals surface area (Å²) < 4.78 is 0.570. The van der Waals surface area contributed by atoms with Crippen molar-refractivity contribution in [3.05, 3.63) is 134 Å². The van der Waals surface area contributed by atoms with E-state index in [1.54, 1.807) is 11.0 Å². The molecule has 2 atom stereocenters. The number of halogens is 1.